The molecule has 2 aromatic rings. The summed E-state index contributed by atoms with van der Waals surface area (Å²) >= 11 is 0. The van der Waals surface area contributed by atoms with E-state index in [2.05, 4.69) is 4.98 Å². The van der Waals surface area contributed by atoms with Crippen LogP contribution < -0.4 is 5.73 Å². The van der Waals surface area contributed by atoms with E-state index in [1.165, 1.54) is 0 Å². The summed E-state index contributed by atoms with van der Waals surface area (Å²) in [6.45, 7) is 3.91. The summed E-state index contributed by atoms with van der Waals surface area (Å²) in [6, 6.07) is 5.20. The Labute approximate surface area is 96.3 Å². The lowest BCUT2D eigenvalue weighted by atomic mass is 10.3. The average Bonchev–Trinajstić information content (AvgIpc) is 2.69. The van der Waals surface area contributed by atoms with Crippen LogP contribution in [0.4, 0.5) is 5.69 Å². The SMILES string of the molecule is CCC(C)S(=O)c1nc2cc(N)ccc2o1. The van der Waals surface area contributed by atoms with E-state index in [9.17, 15) is 4.21 Å². The van der Waals surface area contributed by atoms with Crippen LogP contribution >= 0.6 is 0 Å². The predicted molar refractivity (Wildman–Crippen MR) is 64.6 cm³/mol. The minimum Gasteiger partial charge on any atom is -0.430 e. The van der Waals surface area contributed by atoms with Crippen molar-refractivity contribution in [2.75, 3.05) is 5.73 Å². The largest absolute Gasteiger partial charge is 0.430 e. The van der Waals surface area contributed by atoms with Gasteiger partial charge >= 0.3 is 0 Å². The highest BCUT2D eigenvalue weighted by atomic mass is 32.2. The second-order valence-electron chi connectivity index (χ2n) is 3.72. The van der Waals surface area contributed by atoms with E-state index < -0.39 is 10.8 Å². The van der Waals surface area contributed by atoms with Crippen molar-refractivity contribution in [3.05, 3.63) is 18.2 Å². The number of nitrogen functional groups attached to an aromatic ring is 1. The van der Waals surface area contributed by atoms with Gasteiger partial charge in [-0.1, -0.05) is 13.8 Å². The zero-order chi connectivity index (χ0) is 11.7. The standard InChI is InChI=1S/C11H14N2O2S/c1-3-7(2)16(14)11-13-9-6-8(12)4-5-10(9)15-11/h4-7H,3,12H2,1-2H3. The van der Waals surface area contributed by atoms with Gasteiger partial charge in [0.2, 0.25) is 0 Å². The van der Waals surface area contributed by atoms with Crippen molar-refractivity contribution in [1.29, 1.82) is 0 Å². The molecule has 1 heterocycles. The molecule has 2 N–H and O–H groups in total. The van der Waals surface area contributed by atoms with Crippen LogP contribution in [0.15, 0.2) is 27.8 Å². The molecule has 0 radical (unpaired) electrons. The maximum atomic E-state index is 12.0. The van der Waals surface area contributed by atoms with Crippen LogP contribution in [0.2, 0.25) is 0 Å². The third-order valence-corrected chi connectivity index (χ3v) is 4.09. The first-order valence-corrected chi connectivity index (χ1v) is 6.39. The normalized spacial score (nSPS) is 15.1. The number of hydrogen-bond acceptors (Lipinski definition) is 4. The molecule has 5 heteroatoms. The summed E-state index contributed by atoms with van der Waals surface area (Å²) in [5.41, 5.74) is 7.55. The Morgan fingerprint density at radius 1 is 1.56 bits per heavy atom. The number of anilines is 1. The van der Waals surface area contributed by atoms with Gasteiger partial charge < -0.3 is 10.2 Å². The zero-order valence-corrected chi connectivity index (χ0v) is 10.1. The van der Waals surface area contributed by atoms with E-state index in [0.717, 1.165) is 6.42 Å². The Morgan fingerprint density at radius 2 is 2.31 bits per heavy atom. The first kappa shape index (κ1) is 11.1. The van der Waals surface area contributed by atoms with Crippen LogP contribution in [0.3, 0.4) is 0 Å². The summed E-state index contributed by atoms with van der Waals surface area (Å²) in [5.74, 6) is 0. The lowest BCUT2D eigenvalue weighted by molar-refractivity contribution is 0.475. The first-order chi connectivity index (χ1) is 7.61. The van der Waals surface area contributed by atoms with Crippen molar-refractivity contribution < 1.29 is 8.63 Å². The molecular weight excluding hydrogens is 224 g/mol. The Bertz CT molecular complexity index is 536. The van der Waals surface area contributed by atoms with Gasteiger partial charge in [0.15, 0.2) is 5.58 Å². The minimum absolute atomic E-state index is 0.0467. The van der Waals surface area contributed by atoms with E-state index >= 15 is 0 Å². The molecule has 0 saturated heterocycles. The van der Waals surface area contributed by atoms with E-state index in [1.54, 1.807) is 18.2 Å². The van der Waals surface area contributed by atoms with Crippen molar-refractivity contribution in [1.82, 2.24) is 4.98 Å². The maximum absolute atomic E-state index is 12.0. The van der Waals surface area contributed by atoms with Crippen molar-refractivity contribution >= 4 is 27.6 Å². The summed E-state index contributed by atoms with van der Waals surface area (Å²) in [5, 5.41) is 0.334. The molecule has 0 bridgehead atoms. The highest BCUT2D eigenvalue weighted by Crippen LogP contribution is 2.21. The van der Waals surface area contributed by atoms with Gasteiger partial charge in [-0.3, -0.25) is 0 Å². The molecule has 0 spiro atoms. The molecule has 86 valence electrons. The van der Waals surface area contributed by atoms with Crippen molar-refractivity contribution in [3.8, 4) is 0 Å². The first-order valence-electron chi connectivity index (χ1n) is 5.18. The van der Waals surface area contributed by atoms with E-state index in [4.69, 9.17) is 10.2 Å². The smallest absolute Gasteiger partial charge is 0.288 e. The van der Waals surface area contributed by atoms with Gasteiger partial charge in [-0.05, 0) is 24.6 Å². The van der Waals surface area contributed by atoms with Crippen LogP contribution in [0.25, 0.3) is 11.1 Å². The number of nitrogens with zero attached hydrogens (tertiary/aromatic N) is 1. The summed E-state index contributed by atoms with van der Waals surface area (Å²) < 4.78 is 17.4. The Balaban J connectivity index is 2.43. The molecule has 2 atom stereocenters. The lowest BCUT2D eigenvalue weighted by Crippen LogP contribution is -2.09. The van der Waals surface area contributed by atoms with Crippen LogP contribution in [-0.2, 0) is 10.8 Å². The topological polar surface area (TPSA) is 69.1 Å². The second kappa shape index (κ2) is 4.25. The Kier molecular flexibility index (Phi) is 2.96. The van der Waals surface area contributed by atoms with Crippen LogP contribution in [-0.4, -0.2) is 14.4 Å². The quantitative estimate of drug-likeness (QED) is 0.833. The Morgan fingerprint density at radius 3 is 3.00 bits per heavy atom. The molecule has 1 aromatic carbocycles. The van der Waals surface area contributed by atoms with Gasteiger partial charge in [0.1, 0.15) is 16.3 Å². The molecule has 1 aromatic heterocycles. The second-order valence-corrected chi connectivity index (χ2v) is 5.47. The molecule has 0 aliphatic rings. The van der Waals surface area contributed by atoms with Crippen LogP contribution in [0.1, 0.15) is 20.3 Å². The third-order valence-electron chi connectivity index (χ3n) is 2.50. The molecule has 0 aliphatic heterocycles. The van der Waals surface area contributed by atoms with Gasteiger partial charge in [0.05, 0.1) is 0 Å². The molecule has 0 saturated carbocycles. The summed E-state index contributed by atoms with van der Waals surface area (Å²) in [6.07, 6.45) is 0.827. The van der Waals surface area contributed by atoms with E-state index in [1.807, 2.05) is 13.8 Å². The van der Waals surface area contributed by atoms with Gasteiger partial charge in [-0.25, -0.2) is 9.19 Å². The van der Waals surface area contributed by atoms with Crippen LogP contribution in [0, 0.1) is 0 Å². The average molecular weight is 238 g/mol. The monoisotopic (exact) mass is 238 g/mol. The number of benzene rings is 1. The fraction of sp³-hybridized carbons (Fsp3) is 0.364. The Hall–Kier alpha value is -1.36. The zero-order valence-electron chi connectivity index (χ0n) is 9.27. The molecule has 2 rings (SSSR count). The maximum Gasteiger partial charge on any atom is 0.288 e. The van der Waals surface area contributed by atoms with Gasteiger partial charge in [-0.2, -0.15) is 0 Å². The molecule has 0 amide bonds. The highest BCUT2D eigenvalue weighted by Gasteiger charge is 2.17. The van der Waals surface area contributed by atoms with E-state index in [0.29, 0.717) is 16.8 Å². The lowest BCUT2D eigenvalue weighted by Gasteiger charge is -2.02. The highest BCUT2D eigenvalue weighted by molar-refractivity contribution is 7.85. The fourth-order valence-corrected chi connectivity index (χ4v) is 2.34. The molecule has 0 aliphatic carbocycles. The van der Waals surface area contributed by atoms with E-state index in [-0.39, 0.29) is 10.5 Å². The van der Waals surface area contributed by atoms with Gasteiger partial charge in [-0.15, -0.1) is 0 Å². The third kappa shape index (κ3) is 1.95. The predicted octanol–water partition coefficient (Wildman–Crippen LogP) is 2.32. The van der Waals surface area contributed by atoms with Gasteiger partial charge in [0.25, 0.3) is 5.22 Å². The molecule has 4 nitrogen and oxygen atoms in total. The number of nitrogens with two attached hydrogens (primary N) is 1. The molecule has 0 fully saturated rings. The minimum atomic E-state index is -1.19. The number of rotatable bonds is 3. The summed E-state index contributed by atoms with van der Waals surface area (Å²) in [7, 11) is -1.19. The number of aromatic nitrogens is 1. The molecule has 16 heavy (non-hydrogen) atoms. The van der Waals surface area contributed by atoms with Crippen molar-refractivity contribution in [3.63, 3.8) is 0 Å². The molecular formula is C11H14N2O2S. The van der Waals surface area contributed by atoms with Gasteiger partial charge in [0, 0.05) is 10.9 Å². The van der Waals surface area contributed by atoms with Crippen molar-refractivity contribution in [2.24, 2.45) is 0 Å². The number of hydrogen-bond donors (Lipinski definition) is 1. The number of oxazole rings is 1. The molecule has 2 unspecified atom stereocenters. The summed E-state index contributed by atoms with van der Waals surface area (Å²) in [4.78, 5) is 4.20. The number of fused-ring (bicyclic) bond motifs is 1. The van der Waals surface area contributed by atoms with Crippen molar-refractivity contribution in [2.45, 2.75) is 30.7 Å². The fourth-order valence-electron chi connectivity index (χ4n) is 1.33. The van der Waals surface area contributed by atoms with Crippen LogP contribution in [0.5, 0.6) is 0 Å².